The molecule has 2 rings (SSSR count). The molecule has 0 fully saturated rings. The van der Waals surface area contributed by atoms with Crippen LogP contribution < -0.4 is 4.74 Å². The predicted molar refractivity (Wildman–Crippen MR) is 82.1 cm³/mol. The Morgan fingerprint density at radius 2 is 2.11 bits per heavy atom. The van der Waals surface area contributed by atoms with Gasteiger partial charge in [-0.25, -0.2) is 0 Å². The lowest BCUT2D eigenvalue weighted by Gasteiger charge is -2.11. The van der Waals surface area contributed by atoms with Crippen LogP contribution in [0.15, 0.2) is 34.8 Å². The summed E-state index contributed by atoms with van der Waals surface area (Å²) < 4.78 is 6.44. The summed E-state index contributed by atoms with van der Waals surface area (Å²) in [6.07, 6.45) is 0. The molecular weight excluding hydrogens is 332 g/mol. The first-order valence-electron chi connectivity index (χ1n) is 5.74. The van der Waals surface area contributed by atoms with Gasteiger partial charge in [-0.05, 0) is 59.6 Å². The molecule has 2 aromatic rings. The number of rotatable bonds is 4. The molecule has 1 aromatic carbocycles. The summed E-state index contributed by atoms with van der Waals surface area (Å²) in [4.78, 5) is 2.45. The van der Waals surface area contributed by atoms with E-state index in [-0.39, 0.29) is 5.38 Å². The van der Waals surface area contributed by atoms with Crippen LogP contribution in [0.5, 0.6) is 5.75 Å². The molecule has 1 nitrogen and oxygen atoms in total. The van der Waals surface area contributed by atoms with Crippen molar-refractivity contribution < 1.29 is 4.74 Å². The highest BCUT2D eigenvalue weighted by molar-refractivity contribution is 9.10. The summed E-state index contributed by atoms with van der Waals surface area (Å²) >= 11 is 11.7. The van der Waals surface area contributed by atoms with Crippen molar-refractivity contribution in [1.29, 1.82) is 0 Å². The maximum atomic E-state index is 6.50. The van der Waals surface area contributed by atoms with Crippen LogP contribution in [0, 0.1) is 6.92 Å². The monoisotopic (exact) mass is 344 g/mol. The van der Waals surface area contributed by atoms with Crippen LogP contribution in [0.25, 0.3) is 0 Å². The second-order valence-electron chi connectivity index (χ2n) is 3.93. The number of hydrogen-bond acceptors (Lipinski definition) is 2. The minimum Gasteiger partial charge on any atom is -0.493 e. The topological polar surface area (TPSA) is 9.23 Å². The van der Waals surface area contributed by atoms with Gasteiger partial charge in [-0.3, -0.25) is 0 Å². The fourth-order valence-electron chi connectivity index (χ4n) is 1.70. The lowest BCUT2D eigenvalue weighted by molar-refractivity contribution is 0.338. The Labute approximate surface area is 125 Å². The van der Waals surface area contributed by atoms with Crippen LogP contribution in [0.1, 0.15) is 27.6 Å². The zero-order chi connectivity index (χ0) is 13.1. The van der Waals surface area contributed by atoms with Crippen LogP contribution >= 0.6 is 38.9 Å². The molecule has 4 heteroatoms. The largest absolute Gasteiger partial charge is 0.493 e. The predicted octanol–water partition coefficient (Wildman–Crippen LogP) is 5.55. The molecule has 0 radical (unpaired) electrons. The van der Waals surface area contributed by atoms with Gasteiger partial charge in [0.1, 0.15) is 5.75 Å². The summed E-state index contributed by atoms with van der Waals surface area (Å²) in [6, 6.07) is 10.2. The Hall–Kier alpha value is -0.510. The average Bonchev–Trinajstić information content (AvgIpc) is 2.78. The third-order valence-electron chi connectivity index (χ3n) is 2.56. The molecule has 0 N–H and O–H groups in total. The smallest absolute Gasteiger partial charge is 0.133 e. The van der Waals surface area contributed by atoms with Crippen molar-refractivity contribution in [1.82, 2.24) is 0 Å². The van der Waals surface area contributed by atoms with Crippen molar-refractivity contribution in [3.63, 3.8) is 0 Å². The molecule has 0 saturated carbocycles. The number of thiophene rings is 1. The molecule has 0 aliphatic rings. The van der Waals surface area contributed by atoms with E-state index in [9.17, 15) is 0 Å². The van der Waals surface area contributed by atoms with Gasteiger partial charge in [-0.2, -0.15) is 0 Å². The molecule has 0 aliphatic carbocycles. The third kappa shape index (κ3) is 3.08. The highest BCUT2D eigenvalue weighted by Gasteiger charge is 2.14. The van der Waals surface area contributed by atoms with Gasteiger partial charge in [0, 0.05) is 9.75 Å². The lowest BCUT2D eigenvalue weighted by atomic mass is 10.1. The standard InChI is InChI=1S/C14H14BrClOS/c1-3-17-12-6-5-10(8-11(12)15)14(16)13-7-4-9(2)18-13/h4-8,14H,3H2,1-2H3. The SMILES string of the molecule is CCOc1ccc(C(Cl)c2ccc(C)s2)cc1Br. The van der Waals surface area contributed by atoms with E-state index in [1.807, 2.05) is 25.1 Å². The summed E-state index contributed by atoms with van der Waals surface area (Å²) in [5.74, 6) is 0.854. The van der Waals surface area contributed by atoms with Crippen LogP contribution in [0.4, 0.5) is 0 Å². The van der Waals surface area contributed by atoms with Gasteiger partial charge in [0.25, 0.3) is 0 Å². The molecule has 1 unspecified atom stereocenters. The maximum absolute atomic E-state index is 6.50. The minimum atomic E-state index is -0.101. The Kier molecular flexibility index (Phi) is 4.71. The van der Waals surface area contributed by atoms with Crippen molar-refractivity contribution in [2.24, 2.45) is 0 Å². The second-order valence-corrected chi connectivity index (χ2v) is 6.54. The van der Waals surface area contributed by atoms with Crippen LogP contribution in [-0.4, -0.2) is 6.61 Å². The summed E-state index contributed by atoms with van der Waals surface area (Å²) in [7, 11) is 0. The highest BCUT2D eigenvalue weighted by Crippen LogP contribution is 2.36. The van der Waals surface area contributed by atoms with E-state index >= 15 is 0 Å². The number of halogens is 2. The molecule has 0 bridgehead atoms. The number of aryl methyl sites for hydroxylation is 1. The molecule has 1 atom stereocenters. The zero-order valence-electron chi connectivity index (χ0n) is 10.2. The summed E-state index contributed by atoms with van der Waals surface area (Å²) in [5, 5.41) is -0.101. The van der Waals surface area contributed by atoms with Gasteiger partial charge in [0.2, 0.25) is 0 Å². The minimum absolute atomic E-state index is 0.101. The molecule has 0 saturated heterocycles. The van der Waals surface area contributed by atoms with E-state index < -0.39 is 0 Å². The van der Waals surface area contributed by atoms with E-state index in [0.29, 0.717) is 6.61 Å². The van der Waals surface area contributed by atoms with Crippen molar-refractivity contribution in [2.45, 2.75) is 19.2 Å². The number of ether oxygens (including phenoxy) is 1. The summed E-state index contributed by atoms with van der Waals surface area (Å²) in [5.41, 5.74) is 1.08. The van der Waals surface area contributed by atoms with E-state index in [2.05, 4.69) is 35.0 Å². The van der Waals surface area contributed by atoms with E-state index in [4.69, 9.17) is 16.3 Å². The number of hydrogen-bond donors (Lipinski definition) is 0. The first-order valence-corrected chi connectivity index (χ1v) is 7.79. The van der Waals surface area contributed by atoms with E-state index in [1.165, 1.54) is 9.75 Å². The Balaban J connectivity index is 2.26. The van der Waals surface area contributed by atoms with Gasteiger partial charge in [-0.15, -0.1) is 22.9 Å². The Morgan fingerprint density at radius 3 is 2.67 bits per heavy atom. The van der Waals surface area contributed by atoms with Crippen molar-refractivity contribution >= 4 is 38.9 Å². The maximum Gasteiger partial charge on any atom is 0.133 e. The first kappa shape index (κ1) is 13.9. The summed E-state index contributed by atoms with van der Waals surface area (Å²) in [6.45, 7) is 4.72. The molecule has 0 amide bonds. The molecule has 0 aliphatic heterocycles. The van der Waals surface area contributed by atoms with Crippen molar-refractivity contribution in [3.05, 3.63) is 50.1 Å². The number of benzene rings is 1. The molecule has 1 heterocycles. The van der Waals surface area contributed by atoms with Crippen molar-refractivity contribution in [2.75, 3.05) is 6.61 Å². The van der Waals surface area contributed by atoms with Crippen LogP contribution in [-0.2, 0) is 0 Å². The second kappa shape index (κ2) is 6.09. The van der Waals surface area contributed by atoms with Gasteiger partial charge >= 0.3 is 0 Å². The van der Waals surface area contributed by atoms with Gasteiger partial charge < -0.3 is 4.74 Å². The molecule has 96 valence electrons. The molecule has 0 spiro atoms. The average molecular weight is 346 g/mol. The van der Waals surface area contributed by atoms with E-state index in [0.717, 1.165) is 15.8 Å². The Bertz CT molecular complexity index is 538. The molecular formula is C14H14BrClOS. The fourth-order valence-corrected chi connectivity index (χ4v) is 3.44. The first-order chi connectivity index (χ1) is 8.61. The highest BCUT2D eigenvalue weighted by atomic mass is 79.9. The quantitative estimate of drug-likeness (QED) is 0.660. The van der Waals surface area contributed by atoms with Crippen molar-refractivity contribution in [3.8, 4) is 5.75 Å². The van der Waals surface area contributed by atoms with Gasteiger partial charge in [0.05, 0.1) is 16.5 Å². The zero-order valence-corrected chi connectivity index (χ0v) is 13.4. The normalized spacial score (nSPS) is 12.4. The number of alkyl halides is 1. The fraction of sp³-hybridized carbons (Fsp3) is 0.286. The van der Waals surface area contributed by atoms with E-state index in [1.54, 1.807) is 11.3 Å². The molecule has 1 aromatic heterocycles. The third-order valence-corrected chi connectivity index (χ3v) is 4.86. The lowest BCUT2D eigenvalue weighted by Crippen LogP contribution is -1.95. The van der Waals surface area contributed by atoms with Gasteiger partial charge in [-0.1, -0.05) is 6.07 Å². The van der Waals surface area contributed by atoms with Crippen LogP contribution in [0.3, 0.4) is 0 Å². The van der Waals surface area contributed by atoms with Crippen LogP contribution in [0.2, 0.25) is 0 Å². The molecule has 18 heavy (non-hydrogen) atoms. The Morgan fingerprint density at radius 1 is 1.33 bits per heavy atom. The van der Waals surface area contributed by atoms with Gasteiger partial charge in [0.15, 0.2) is 0 Å².